The SMILES string of the molecule is CCCCCCOc1ccc(C2=CCC(c3ccc(OCCCCC)c(F)c3F)=CC2)c(F)c1F. The standard InChI is InChI=1S/C29H34F4O2/c1-3-5-7-9-19-35-25-17-15-23(27(31)29(25)33)21-12-10-20(11-13-21)22-14-16-24(28(32)26(22)30)34-18-8-6-4-2/h10,13-17H,3-9,11-12,18-19H2,1-2H3. The summed E-state index contributed by atoms with van der Waals surface area (Å²) in [5.74, 6) is -4.12. The molecule has 0 aromatic heterocycles. The Labute approximate surface area is 205 Å². The van der Waals surface area contributed by atoms with E-state index in [-0.39, 0.29) is 35.5 Å². The highest BCUT2D eigenvalue weighted by atomic mass is 19.2. The molecule has 0 saturated heterocycles. The summed E-state index contributed by atoms with van der Waals surface area (Å²) >= 11 is 0. The Morgan fingerprint density at radius 1 is 0.571 bits per heavy atom. The van der Waals surface area contributed by atoms with Crippen molar-refractivity contribution in [3.63, 3.8) is 0 Å². The molecule has 2 aromatic carbocycles. The maximum atomic E-state index is 14.8. The number of allylic oxidation sites excluding steroid dienone is 4. The molecule has 0 atom stereocenters. The Hall–Kier alpha value is -2.76. The van der Waals surface area contributed by atoms with Crippen molar-refractivity contribution >= 4 is 11.1 Å². The normalized spacial score (nSPS) is 13.4. The highest BCUT2D eigenvalue weighted by Gasteiger charge is 2.21. The Morgan fingerprint density at radius 3 is 1.43 bits per heavy atom. The Kier molecular flexibility index (Phi) is 10.2. The molecule has 6 heteroatoms. The molecule has 0 heterocycles. The van der Waals surface area contributed by atoms with Gasteiger partial charge in [-0.2, -0.15) is 8.78 Å². The first-order valence-electron chi connectivity index (χ1n) is 12.6. The van der Waals surface area contributed by atoms with Crippen LogP contribution in [0.5, 0.6) is 11.5 Å². The Morgan fingerprint density at radius 2 is 1.00 bits per heavy atom. The summed E-state index contributed by atoms with van der Waals surface area (Å²) in [5, 5.41) is 0. The zero-order valence-electron chi connectivity index (χ0n) is 20.6. The van der Waals surface area contributed by atoms with E-state index in [4.69, 9.17) is 9.47 Å². The van der Waals surface area contributed by atoms with E-state index < -0.39 is 23.3 Å². The average molecular weight is 491 g/mol. The van der Waals surface area contributed by atoms with Crippen molar-refractivity contribution in [3.8, 4) is 11.5 Å². The summed E-state index contributed by atoms with van der Waals surface area (Å²) in [5.41, 5.74) is 1.49. The maximum Gasteiger partial charge on any atom is 0.201 e. The largest absolute Gasteiger partial charge is 0.490 e. The van der Waals surface area contributed by atoms with Gasteiger partial charge in [-0.15, -0.1) is 0 Å². The Bertz CT molecular complexity index is 1060. The minimum Gasteiger partial charge on any atom is -0.490 e. The number of unbranched alkanes of at least 4 members (excludes halogenated alkanes) is 5. The average Bonchev–Trinajstić information content (AvgIpc) is 2.87. The summed E-state index contributed by atoms with van der Waals surface area (Å²) in [6.45, 7) is 4.83. The van der Waals surface area contributed by atoms with Crippen LogP contribution in [0.1, 0.15) is 82.8 Å². The number of halogens is 4. The van der Waals surface area contributed by atoms with Crippen molar-refractivity contribution in [1.82, 2.24) is 0 Å². The third kappa shape index (κ3) is 6.89. The quantitative estimate of drug-likeness (QED) is 0.206. The van der Waals surface area contributed by atoms with Crippen molar-refractivity contribution < 1.29 is 27.0 Å². The molecule has 0 aliphatic heterocycles. The van der Waals surface area contributed by atoms with Gasteiger partial charge in [0.05, 0.1) is 13.2 Å². The van der Waals surface area contributed by atoms with Gasteiger partial charge in [0.15, 0.2) is 23.1 Å². The minimum absolute atomic E-state index is 0.0926. The smallest absolute Gasteiger partial charge is 0.201 e. The van der Waals surface area contributed by atoms with Gasteiger partial charge in [-0.05, 0) is 61.1 Å². The number of rotatable bonds is 13. The lowest BCUT2D eigenvalue weighted by molar-refractivity contribution is 0.285. The maximum absolute atomic E-state index is 14.8. The van der Waals surface area contributed by atoms with Crippen molar-refractivity contribution in [2.24, 2.45) is 0 Å². The van der Waals surface area contributed by atoms with E-state index in [9.17, 15) is 17.6 Å². The molecule has 0 saturated carbocycles. The molecule has 0 N–H and O–H groups in total. The molecule has 0 radical (unpaired) electrons. The van der Waals surface area contributed by atoms with Crippen molar-refractivity contribution in [3.05, 3.63) is 70.8 Å². The lowest BCUT2D eigenvalue weighted by Gasteiger charge is -2.17. The van der Waals surface area contributed by atoms with E-state index in [0.717, 1.165) is 44.9 Å². The van der Waals surface area contributed by atoms with E-state index in [1.807, 2.05) is 0 Å². The topological polar surface area (TPSA) is 18.5 Å². The van der Waals surface area contributed by atoms with E-state index in [1.165, 1.54) is 24.3 Å². The van der Waals surface area contributed by atoms with Gasteiger partial charge in [-0.3, -0.25) is 0 Å². The third-order valence-electron chi connectivity index (χ3n) is 6.18. The molecular weight excluding hydrogens is 456 g/mol. The molecule has 190 valence electrons. The third-order valence-corrected chi connectivity index (χ3v) is 6.18. The monoisotopic (exact) mass is 490 g/mol. The molecule has 1 aliphatic carbocycles. The first-order chi connectivity index (χ1) is 17.0. The predicted octanol–water partition coefficient (Wildman–Crippen LogP) is 9.03. The molecular formula is C29H34F4O2. The van der Waals surface area contributed by atoms with Gasteiger partial charge in [0.2, 0.25) is 11.6 Å². The molecule has 0 bridgehead atoms. The number of ether oxygens (including phenoxy) is 2. The second-order valence-corrected chi connectivity index (χ2v) is 8.81. The van der Waals surface area contributed by atoms with E-state index in [0.29, 0.717) is 24.4 Å². The summed E-state index contributed by atoms with van der Waals surface area (Å²) in [6, 6.07) is 5.90. The van der Waals surface area contributed by atoms with Crippen LogP contribution in [0.3, 0.4) is 0 Å². The summed E-state index contributed by atoms with van der Waals surface area (Å²) in [7, 11) is 0. The minimum atomic E-state index is -1.01. The molecule has 2 nitrogen and oxygen atoms in total. The van der Waals surface area contributed by atoms with E-state index in [2.05, 4.69) is 13.8 Å². The lowest BCUT2D eigenvalue weighted by Crippen LogP contribution is -2.04. The zero-order chi connectivity index (χ0) is 25.2. The highest BCUT2D eigenvalue weighted by Crippen LogP contribution is 2.36. The van der Waals surface area contributed by atoms with Crippen LogP contribution in [0.15, 0.2) is 36.4 Å². The van der Waals surface area contributed by atoms with Gasteiger partial charge in [0, 0.05) is 11.1 Å². The van der Waals surface area contributed by atoms with Crippen LogP contribution in [0.25, 0.3) is 11.1 Å². The predicted molar refractivity (Wildman–Crippen MR) is 133 cm³/mol. The van der Waals surface area contributed by atoms with Gasteiger partial charge in [0.25, 0.3) is 0 Å². The highest BCUT2D eigenvalue weighted by molar-refractivity contribution is 5.78. The molecule has 2 aromatic rings. The van der Waals surface area contributed by atoms with Crippen LogP contribution < -0.4 is 9.47 Å². The van der Waals surface area contributed by atoms with Crippen molar-refractivity contribution in [2.75, 3.05) is 13.2 Å². The molecule has 35 heavy (non-hydrogen) atoms. The number of hydrogen-bond acceptors (Lipinski definition) is 2. The van der Waals surface area contributed by atoms with Crippen molar-refractivity contribution in [2.45, 2.75) is 71.6 Å². The van der Waals surface area contributed by atoms with Gasteiger partial charge in [0.1, 0.15) is 0 Å². The second kappa shape index (κ2) is 13.4. The fourth-order valence-corrected chi connectivity index (χ4v) is 4.10. The van der Waals surface area contributed by atoms with Crippen LogP contribution in [0.4, 0.5) is 17.6 Å². The van der Waals surface area contributed by atoms with Crippen LogP contribution in [-0.2, 0) is 0 Å². The fourth-order valence-electron chi connectivity index (χ4n) is 4.10. The van der Waals surface area contributed by atoms with E-state index >= 15 is 0 Å². The second-order valence-electron chi connectivity index (χ2n) is 8.81. The van der Waals surface area contributed by atoms with Crippen LogP contribution in [0.2, 0.25) is 0 Å². The first kappa shape index (κ1) is 26.8. The Balaban J connectivity index is 1.65. The summed E-state index contributed by atoms with van der Waals surface area (Å²) < 4.78 is 69.4. The zero-order valence-corrected chi connectivity index (χ0v) is 20.6. The first-order valence-corrected chi connectivity index (χ1v) is 12.6. The molecule has 1 aliphatic rings. The molecule has 0 amide bonds. The number of benzene rings is 2. The van der Waals surface area contributed by atoms with Gasteiger partial charge in [-0.1, -0.05) is 58.1 Å². The van der Waals surface area contributed by atoms with Crippen LogP contribution in [0, 0.1) is 23.3 Å². The van der Waals surface area contributed by atoms with Crippen molar-refractivity contribution in [1.29, 1.82) is 0 Å². The summed E-state index contributed by atoms with van der Waals surface area (Å²) in [4.78, 5) is 0. The molecule has 0 spiro atoms. The van der Waals surface area contributed by atoms with Crippen LogP contribution >= 0.6 is 0 Å². The lowest BCUT2D eigenvalue weighted by atomic mass is 9.90. The van der Waals surface area contributed by atoms with Gasteiger partial charge in [-0.25, -0.2) is 8.78 Å². The molecule has 0 fully saturated rings. The fraction of sp³-hybridized carbons (Fsp3) is 0.448. The molecule has 3 rings (SSSR count). The summed E-state index contributed by atoms with van der Waals surface area (Å²) in [6.07, 6.45) is 10.7. The van der Waals surface area contributed by atoms with Gasteiger partial charge < -0.3 is 9.47 Å². The van der Waals surface area contributed by atoms with E-state index in [1.54, 1.807) is 12.2 Å². The molecule has 0 unspecified atom stereocenters. The van der Waals surface area contributed by atoms with Crippen LogP contribution in [-0.4, -0.2) is 13.2 Å². The number of hydrogen-bond donors (Lipinski definition) is 0. The van der Waals surface area contributed by atoms with Gasteiger partial charge >= 0.3 is 0 Å².